The van der Waals surface area contributed by atoms with Crippen LogP contribution in [0.3, 0.4) is 0 Å². The second-order valence-electron chi connectivity index (χ2n) is 6.08. The summed E-state index contributed by atoms with van der Waals surface area (Å²) >= 11 is 0. The quantitative estimate of drug-likeness (QED) is 0.715. The van der Waals surface area contributed by atoms with Crippen molar-refractivity contribution < 1.29 is 4.79 Å². The topological polar surface area (TPSA) is 17.1 Å². The maximum absolute atomic E-state index is 11.2. The molecule has 0 saturated heterocycles. The molecule has 0 aliphatic rings. The molecule has 0 aliphatic carbocycles. The molecule has 2 rings (SSSR count). The standard InChI is InChI=1S/C17H20O/c1-17(2,3)9-8-15-10-13-6-4-5-7-14(13)11-16(15)12-18/h4-7,10-12H,8-9H2,1-3H3. The number of aryl methyl sites for hydroxylation is 1. The highest BCUT2D eigenvalue weighted by Gasteiger charge is 2.12. The Morgan fingerprint density at radius 3 is 2.22 bits per heavy atom. The summed E-state index contributed by atoms with van der Waals surface area (Å²) in [7, 11) is 0. The van der Waals surface area contributed by atoms with Gasteiger partial charge in [0, 0.05) is 5.56 Å². The number of carbonyl (C=O) groups is 1. The van der Waals surface area contributed by atoms with Crippen LogP contribution in [0, 0.1) is 5.41 Å². The van der Waals surface area contributed by atoms with E-state index in [-0.39, 0.29) is 0 Å². The Morgan fingerprint density at radius 1 is 1.06 bits per heavy atom. The van der Waals surface area contributed by atoms with Crippen molar-refractivity contribution in [3.05, 3.63) is 47.5 Å². The summed E-state index contributed by atoms with van der Waals surface area (Å²) in [6.45, 7) is 6.69. The maximum atomic E-state index is 11.2. The zero-order chi connectivity index (χ0) is 13.2. The lowest BCUT2D eigenvalue weighted by atomic mass is 9.87. The predicted octanol–water partition coefficient (Wildman–Crippen LogP) is 4.63. The molecule has 0 spiro atoms. The van der Waals surface area contributed by atoms with Crippen molar-refractivity contribution >= 4 is 17.1 Å². The van der Waals surface area contributed by atoms with E-state index in [1.165, 1.54) is 10.9 Å². The van der Waals surface area contributed by atoms with Gasteiger partial charge in [0.05, 0.1) is 0 Å². The lowest BCUT2D eigenvalue weighted by molar-refractivity contribution is 0.112. The average Bonchev–Trinajstić information content (AvgIpc) is 2.34. The molecule has 0 bridgehead atoms. The molecular formula is C17H20O. The van der Waals surface area contributed by atoms with Crippen molar-refractivity contribution in [1.29, 1.82) is 0 Å². The molecule has 1 nitrogen and oxygen atoms in total. The van der Waals surface area contributed by atoms with Gasteiger partial charge >= 0.3 is 0 Å². The molecule has 2 aromatic rings. The van der Waals surface area contributed by atoms with Crippen LogP contribution in [0.15, 0.2) is 36.4 Å². The molecule has 18 heavy (non-hydrogen) atoms. The fourth-order valence-corrected chi connectivity index (χ4v) is 2.14. The van der Waals surface area contributed by atoms with E-state index in [4.69, 9.17) is 0 Å². The van der Waals surface area contributed by atoms with E-state index >= 15 is 0 Å². The van der Waals surface area contributed by atoms with Gasteiger partial charge in [-0.05, 0) is 40.7 Å². The van der Waals surface area contributed by atoms with Crippen molar-refractivity contribution in [1.82, 2.24) is 0 Å². The van der Waals surface area contributed by atoms with E-state index in [1.807, 2.05) is 18.2 Å². The summed E-state index contributed by atoms with van der Waals surface area (Å²) in [6.07, 6.45) is 3.03. The third-order valence-corrected chi connectivity index (χ3v) is 3.28. The number of rotatable bonds is 3. The fraction of sp³-hybridized carbons (Fsp3) is 0.353. The Bertz CT molecular complexity index is 561. The molecule has 0 N–H and O–H groups in total. The lowest BCUT2D eigenvalue weighted by Gasteiger charge is -2.18. The number of hydrogen-bond acceptors (Lipinski definition) is 1. The van der Waals surface area contributed by atoms with Gasteiger partial charge in [0.1, 0.15) is 6.29 Å². The van der Waals surface area contributed by atoms with Crippen LogP contribution in [0.4, 0.5) is 0 Å². The first-order chi connectivity index (χ1) is 8.49. The van der Waals surface area contributed by atoms with Crippen LogP contribution in [-0.2, 0) is 6.42 Å². The first kappa shape index (κ1) is 12.8. The summed E-state index contributed by atoms with van der Waals surface area (Å²) in [5.41, 5.74) is 2.29. The Labute approximate surface area is 109 Å². The Kier molecular flexibility index (Phi) is 3.51. The summed E-state index contributed by atoms with van der Waals surface area (Å²) in [6, 6.07) is 12.4. The second kappa shape index (κ2) is 4.93. The van der Waals surface area contributed by atoms with E-state index in [0.717, 1.165) is 30.1 Å². The molecular weight excluding hydrogens is 220 g/mol. The average molecular weight is 240 g/mol. The highest BCUT2D eigenvalue weighted by atomic mass is 16.1. The Morgan fingerprint density at radius 2 is 1.67 bits per heavy atom. The van der Waals surface area contributed by atoms with Crippen molar-refractivity contribution in [2.45, 2.75) is 33.6 Å². The number of carbonyl (C=O) groups excluding carboxylic acids is 1. The third-order valence-electron chi connectivity index (χ3n) is 3.28. The van der Waals surface area contributed by atoms with Gasteiger partial charge in [-0.3, -0.25) is 4.79 Å². The molecule has 0 unspecified atom stereocenters. The molecule has 2 aromatic carbocycles. The molecule has 94 valence electrons. The van der Waals surface area contributed by atoms with Crippen LogP contribution < -0.4 is 0 Å². The number of fused-ring (bicyclic) bond motifs is 1. The first-order valence-corrected chi connectivity index (χ1v) is 6.46. The van der Waals surface area contributed by atoms with Crippen molar-refractivity contribution in [3.8, 4) is 0 Å². The highest BCUT2D eigenvalue weighted by molar-refractivity contribution is 5.90. The minimum absolute atomic E-state index is 0.297. The molecule has 0 aromatic heterocycles. The largest absolute Gasteiger partial charge is 0.298 e. The maximum Gasteiger partial charge on any atom is 0.150 e. The summed E-state index contributed by atoms with van der Waals surface area (Å²) in [5, 5.41) is 2.35. The summed E-state index contributed by atoms with van der Waals surface area (Å²) < 4.78 is 0. The van der Waals surface area contributed by atoms with Crippen LogP contribution in [0.5, 0.6) is 0 Å². The van der Waals surface area contributed by atoms with E-state index in [9.17, 15) is 4.79 Å². The number of aldehydes is 1. The van der Waals surface area contributed by atoms with Crippen LogP contribution in [0.1, 0.15) is 43.1 Å². The molecule has 0 aliphatic heterocycles. The summed E-state index contributed by atoms with van der Waals surface area (Å²) in [5.74, 6) is 0. The number of benzene rings is 2. The van der Waals surface area contributed by atoms with Crippen molar-refractivity contribution in [2.75, 3.05) is 0 Å². The van der Waals surface area contributed by atoms with E-state index in [0.29, 0.717) is 5.41 Å². The smallest absolute Gasteiger partial charge is 0.150 e. The first-order valence-electron chi connectivity index (χ1n) is 6.46. The second-order valence-corrected chi connectivity index (χ2v) is 6.08. The van der Waals surface area contributed by atoms with Crippen LogP contribution in [-0.4, -0.2) is 6.29 Å². The molecule has 0 amide bonds. The molecule has 0 radical (unpaired) electrons. The van der Waals surface area contributed by atoms with Gasteiger partial charge in [0.25, 0.3) is 0 Å². The van der Waals surface area contributed by atoms with Gasteiger partial charge in [0.2, 0.25) is 0 Å². The van der Waals surface area contributed by atoms with Gasteiger partial charge in [0.15, 0.2) is 0 Å². The predicted molar refractivity (Wildman–Crippen MR) is 77.1 cm³/mol. The molecule has 0 atom stereocenters. The molecule has 0 fully saturated rings. The van der Waals surface area contributed by atoms with Gasteiger partial charge < -0.3 is 0 Å². The summed E-state index contributed by atoms with van der Waals surface area (Å²) in [4.78, 5) is 11.2. The SMILES string of the molecule is CC(C)(C)CCc1cc2ccccc2cc1C=O. The van der Waals surface area contributed by atoms with Crippen molar-refractivity contribution in [3.63, 3.8) is 0 Å². The lowest BCUT2D eigenvalue weighted by Crippen LogP contribution is -2.07. The Hall–Kier alpha value is -1.63. The minimum Gasteiger partial charge on any atom is -0.298 e. The van der Waals surface area contributed by atoms with Gasteiger partial charge in [-0.15, -0.1) is 0 Å². The van der Waals surface area contributed by atoms with Gasteiger partial charge in [-0.1, -0.05) is 51.1 Å². The minimum atomic E-state index is 0.297. The zero-order valence-electron chi connectivity index (χ0n) is 11.4. The van der Waals surface area contributed by atoms with E-state index in [2.05, 4.69) is 39.0 Å². The molecule has 1 heteroatoms. The van der Waals surface area contributed by atoms with Gasteiger partial charge in [-0.2, -0.15) is 0 Å². The highest BCUT2D eigenvalue weighted by Crippen LogP contribution is 2.25. The zero-order valence-corrected chi connectivity index (χ0v) is 11.4. The van der Waals surface area contributed by atoms with Crippen LogP contribution in [0.25, 0.3) is 10.8 Å². The van der Waals surface area contributed by atoms with Gasteiger partial charge in [-0.25, -0.2) is 0 Å². The van der Waals surface area contributed by atoms with Crippen LogP contribution in [0.2, 0.25) is 0 Å². The normalized spacial score (nSPS) is 11.7. The molecule has 0 heterocycles. The Balaban J connectivity index is 2.39. The van der Waals surface area contributed by atoms with E-state index in [1.54, 1.807) is 0 Å². The number of hydrogen-bond donors (Lipinski definition) is 0. The fourth-order valence-electron chi connectivity index (χ4n) is 2.14. The third kappa shape index (κ3) is 2.98. The van der Waals surface area contributed by atoms with Crippen molar-refractivity contribution in [2.24, 2.45) is 5.41 Å². The van der Waals surface area contributed by atoms with Crippen LogP contribution >= 0.6 is 0 Å². The van der Waals surface area contributed by atoms with E-state index < -0.39 is 0 Å². The monoisotopic (exact) mass is 240 g/mol. The molecule has 0 saturated carbocycles.